The van der Waals surface area contributed by atoms with Crippen LogP contribution in [0.25, 0.3) is 0 Å². The molecule has 1 rings (SSSR count). The average Bonchev–Trinajstić information content (AvgIpc) is 2.65. The van der Waals surface area contributed by atoms with Crippen LogP contribution in [0.4, 0.5) is 0 Å². The zero-order chi connectivity index (χ0) is 21.5. The number of hydrogen-bond acceptors (Lipinski definition) is 2. The Bertz CT molecular complexity index is 530. The Morgan fingerprint density at radius 2 is 1.82 bits per heavy atom. The maximum Gasteiger partial charge on any atom is 0.290 e. The van der Waals surface area contributed by atoms with E-state index in [0.717, 1.165) is 12.8 Å². The second-order valence-electron chi connectivity index (χ2n) is 6.73. The molecule has 0 amide bonds. The fourth-order valence-corrected chi connectivity index (χ4v) is 2.47. The molecule has 1 atom stereocenters. The minimum atomic E-state index is -0.250. The number of carbonyl (C=O) groups is 1. The molecule has 0 aromatic heterocycles. The first-order chi connectivity index (χ1) is 13.5. The molecule has 0 fully saturated rings. The standard InChI is InChI=1S/C17H22.C7H16O.CH2O2/c1-3-4-5-6-7-8-9-10-13-17-14-11-12-16(2)15-17;1-3-4-5-6-7(2)8;2-1-3/h3-7,11-12,14-15H,1,8-10,13H2,2H3;7-8H,3-6H2,1-2H3;1H,(H,2,3)/b5-4-,7-6-;;. The number of rotatable bonds is 11. The molecule has 3 nitrogen and oxygen atoms in total. The highest BCUT2D eigenvalue weighted by atomic mass is 16.3. The van der Waals surface area contributed by atoms with Crippen molar-refractivity contribution in [3.63, 3.8) is 0 Å². The van der Waals surface area contributed by atoms with Crippen molar-refractivity contribution < 1.29 is 15.0 Å². The number of allylic oxidation sites excluding steroid dienone is 5. The summed E-state index contributed by atoms with van der Waals surface area (Å²) in [4.78, 5) is 8.36. The van der Waals surface area contributed by atoms with Crippen LogP contribution in [0.2, 0.25) is 0 Å². The fourth-order valence-electron chi connectivity index (χ4n) is 2.47. The van der Waals surface area contributed by atoms with Crippen LogP contribution < -0.4 is 0 Å². The minimum Gasteiger partial charge on any atom is -0.483 e. The Hall–Kier alpha value is -2.13. The topological polar surface area (TPSA) is 57.5 Å². The summed E-state index contributed by atoms with van der Waals surface area (Å²) in [5.41, 5.74) is 2.82. The molecule has 0 heterocycles. The van der Waals surface area contributed by atoms with Crippen molar-refractivity contribution in [3.8, 4) is 0 Å². The Labute approximate surface area is 172 Å². The molecule has 0 aliphatic carbocycles. The lowest BCUT2D eigenvalue weighted by atomic mass is 10.0. The maximum absolute atomic E-state index is 8.78. The molecule has 2 N–H and O–H groups in total. The lowest BCUT2D eigenvalue weighted by Gasteiger charge is -2.01. The highest BCUT2D eigenvalue weighted by Gasteiger charge is 1.93. The molecule has 0 spiro atoms. The highest BCUT2D eigenvalue weighted by Crippen LogP contribution is 2.09. The van der Waals surface area contributed by atoms with E-state index in [4.69, 9.17) is 15.0 Å². The van der Waals surface area contributed by atoms with Gasteiger partial charge in [0.1, 0.15) is 0 Å². The van der Waals surface area contributed by atoms with Crippen molar-refractivity contribution in [2.45, 2.75) is 78.2 Å². The van der Waals surface area contributed by atoms with Gasteiger partial charge >= 0.3 is 0 Å². The molecule has 1 unspecified atom stereocenters. The zero-order valence-corrected chi connectivity index (χ0v) is 18.0. The predicted octanol–water partition coefficient (Wildman–Crippen LogP) is 6.65. The summed E-state index contributed by atoms with van der Waals surface area (Å²) in [5.74, 6) is 0. The monoisotopic (exact) mass is 388 g/mol. The molecule has 0 aliphatic heterocycles. The van der Waals surface area contributed by atoms with Gasteiger partial charge in [0.15, 0.2) is 0 Å². The number of carboxylic acid groups (broad SMARTS) is 1. The normalized spacial score (nSPS) is 11.3. The van der Waals surface area contributed by atoms with Gasteiger partial charge in [0.05, 0.1) is 6.10 Å². The highest BCUT2D eigenvalue weighted by molar-refractivity contribution is 5.32. The van der Waals surface area contributed by atoms with Crippen LogP contribution in [0.3, 0.4) is 0 Å². The van der Waals surface area contributed by atoms with Gasteiger partial charge in [0.2, 0.25) is 0 Å². The van der Waals surface area contributed by atoms with Crippen LogP contribution in [0.5, 0.6) is 0 Å². The zero-order valence-electron chi connectivity index (χ0n) is 18.0. The number of aryl methyl sites for hydroxylation is 2. The van der Waals surface area contributed by atoms with Crippen molar-refractivity contribution in [2.24, 2.45) is 0 Å². The third-order valence-corrected chi connectivity index (χ3v) is 3.89. The summed E-state index contributed by atoms with van der Waals surface area (Å²) in [6.07, 6.45) is 19.5. The molecule has 0 aliphatic rings. The van der Waals surface area contributed by atoms with Crippen LogP contribution in [0.1, 0.15) is 69.9 Å². The van der Waals surface area contributed by atoms with Gasteiger partial charge in [-0.3, -0.25) is 4.79 Å². The van der Waals surface area contributed by atoms with Gasteiger partial charge in [-0.2, -0.15) is 0 Å². The minimum absolute atomic E-state index is 0.0958. The van der Waals surface area contributed by atoms with E-state index in [0.29, 0.717) is 0 Å². The summed E-state index contributed by atoms with van der Waals surface area (Å²) in [5, 5.41) is 15.7. The van der Waals surface area contributed by atoms with Gasteiger partial charge in [0.25, 0.3) is 6.47 Å². The molecule has 28 heavy (non-hydrogen) atoms. The first-order valence-corrected chi connectivity index (χ1v) is 10.3. The number of aliphatic hydroxyl groups excluding tert-OH is 1. The lowest BCUT2D eigenvalue weighted by Crippen LogP contribution is -1.97. The number of benzene rings is 1. The number of hydrogen-bond donors (Lipinski definition) is 2. The maximum atomic E-state index is 8.78. The number of aliphatic hydroxyl groups is 1. The molecule has 0 radical (unpaired) electrons. The van der Waals surface area contributed by atoms with Crippen LogP contribution in [-0.4, -0.2) is 22.8 Å². The van der Waals surface area contributed by atoms with Crippen molar-refractivity contribution in [1.29, 1.82) is 0 Å². The molecule has 1 aromatic carbocycles. The number of unbranched alkanes of at least 4 members (excludes halogenated alkanes) is 4. The third-order valence-electron chi connectivity index (χ3n) is 3.89. The van der Waals surface area contributed by atoms with Gasteiger partial charge < -0.3 is 10.2 Å². The van der Waals surface area contributed by atoms with Crippen molar-refractivity contribution in [2.75, 3.05) is 0 Å². The van der Waals surface area contributed by atoms with E-state index in [2.05, 4.69) is 56.8 Å². The summed E-state index contributed by atoms with van der Waals surface area (Å²) >= 11 is 0. The van der Waals surface area contributed by atoms with E-state index < -0.39 is 0 Å². The largest absolute Gasteiger partial charge is 0.483 e. The smallest absolute Gasteiger partial charge is 0.290 e. The molecule has 1 aromatic rings. The van der Waals surface area contributed by atoms with Crippen LogP contribution in [0.15, 0.2) is 61.2 Å². The van der Waals surface area contributed by atoms with Crippen LogP contribution in [0, 0.1) is 6.92 Å². The molecule has 0 saturated carbocycles. The average molecular weight is 389 g/mol. The van der Waals surface area contributed by atoms with Crippen molar-refractivity contribution >= 4 is 6.47 Å². The van der Waals surface area contributed by atoms with Crippen molar-refractivity contribution in [1.82, 2.24) is 0 Å². The molecule has 3 heteroatoms. The second-order valence-corrected chi connectivity index (χ2v) is 6.73. The SMILES string of the molecule is C=C/C=C\C=C/CCCCc1cccc(C)c1.CCCCCC(C)O.O=CO. The summed E-state index contributed by atoms with van der Waals surface area (Å²) in [6, 6.07) is 8.79. The van der Waals surface area contributed by atoms with Crippen LogP contribution >= 0.6 is 0 Å². The first kappa shape index (κ1) is 28.1. The molecule has 0 bridgehead atoms. The second kappa shape index (κ2) is 22.9. The van der Waals surface area contributed by atoms with Gasteiger partial charge in [-0.15, -0.1) is 0 Å². The van der Waals surface area contributed by atoms with E-state index in [1.165, 1.54) is 49.7 Å². The van der Waals surface area contributed by atoms with Gasteiger partial charge in [0, 0.05) is 0 Å². The quantitative estimate of drug-likeness (QED) is 0.253. The molecular formula is C25H40O3. The Morgan fingerprint density at radius 1 is 1.11 bits per heavy atom. The van der Waals surface area contributed by atoms with E-state index in [1.807, 2.05) is 19.1 Å². The van der Waals surface area contributed by atoms with Gasteiger partial charge in [-0.1, -0.05) is 93.0 Å². The summed E-state index contributed by atoms with van der Waals surface area (Å²) < 4.78 is 0. The Balaban J connectivity index is 0. The van der Waals surface area contributed by atoms with E-state index in [1.54, 1.807) is 6.08 Å². The van der Waals surface area contributed by atoms with Gasteiger partial charge in [-0.25, -0.2) is 0 Å². The van der Waals surface area contributed by atoms with E-state index in [-0.39, 0.29) is 12.6 Å². The van der Waals surface area contributed by atoms with E-state index in [9.17, 15) is 0 Å². The lowest BCUT2D eigenvalue weighted by molar-refractivity contribution is -0.122. The molecular weight excluding hydrogens is 348 g/mol. The summed E-state index contributed by atoms with van der Waals surface area (Å²) in [7, 11) is 0. The fraction of sp³-hybridized carbons (Fsp3) is 0.480. The third kappa shape index (κ3) is 23.9. The van der Waals surface area contributed by atoms with Crippen molar-refractivity contribution in [3.05, 3.63) is 72.4 Å². The van der Waals surface area contributed by atoms with Crippen LogP contribution in [-0.2, 0) is 11.2 Å². The summed E-state index contributed by atoms with van der Waals surface area (Å²) in [6.45, 7) is 9.54. The van der Waals surface area contributed by atoms with Gasteiger partial charge in [-0.05, 0) is 51.5 Å². The molecule has 0 saturated heterocycles. The van der Waals surface area contributed by atoms with E-state index >= 15 is 0 Å². The Kier molecular flexibility index (Phi) is 23.0. The first-order valence-electron chi connectivity index (χ1n) is 10.3. The Morgan fingerprint density at radius 3 is 2.39 bits per heavy atom. The predicted molar refractivity (Wildman–Crippen MR) is 122 cm³/mol. The molecule has 158 valence electrons.